The van der Waals surface area contributed by atoms with Crippen molar-refractivity contribution in [3.63, 3.8) is 0 Å². The lowest BCUT2D eigenvalue weighted by Gasteiger charge is -2.11. The fourth-order valence-corrected chi connectivity index (χ4v) is 2.64. The standard InChI is InChI=1S/C20H24N6/c1-3-15(2)16-9-11-17(12-10-16)24-20(21)22-13-19-25-23-14-26(19)18-7-5-4-6-8-18/h4-12,14-15H,3,13H2,1-2H3,(H3,21,22,24). The van der Waals surface area contributed by atoms with Crippen molar-refractivity contribution in [2.75, 3.05) is 5.32 Å². The molecule has 1 unspecified atom stereocenters. The summed E-state index contributed by atoms with van der Waals surface area (Å²) < 4.78 is 1.90. The second-order valence-electron chi connectivity index (χ2n) is 6.21. The first kappa shape index (κ1) is 17.7. The Balaban J connectivity index is 1.65. The van der Waals surface area contributed by atoms with E-state index in [9.17, 15) is 0 Å². The Bertz CT molecular complexity index is 852. The average Bonchev–Trinajstić information content (AvgIpc) is 3.16. The molecule has 0 fully saturated rings. The maximum Gasteiger partial charge on any atom is 0.193 e. The molecule has 6 heteroatoms. The number of rotatable bonds is 6. The van der Waals surface area contributed by atoms with Gasteiger partial charge < -0.3 is 11.1 Å². The molecule has 134 valence electrons. The van der Waals surface area contributed by atoms with Crippen LogP contribution < -0.4 is 11.1 Å². The summed E-state index contributed by atoms with van der Waals surface area (Å²) in [5, 5.41) is 11.2. The Morgan fingerprint density at radius 1 is 1.15 bits per heavy atom. The SMILES string of the molecule is CCC(C)c1ccc(NC(N)=NCc2nncn2-c2ccccc2)cc1. The van der Waals surface area contributed by atoms with Gasteiger partial charge in [0.1, 0.15) is 12.9 Å². The van der Waals surface area contributed by atoms with Crippen LogP contribution in [0.4, 0.5) is 5.69 Å². The van der Waals surface area contributed by atoms with Crippen LogP contribution in [0.3, 0.4) is 0 Å². The fraction of sp³-hybridized carbons (Fsp3) is 0.250. The van der Waals surface area contributed by atoms with Gasteiger partial charge in [-0.2, -0.15) is 0 Å². The lowest BCUT2D eigenvalue weighted by Crippen LogP contribution is -2.22. The zero-order chi connectivity index (χ0) is 18.4. The number of para-hydroxylation sites is 1. The monoisotopic (exact) mass is 348 g/mol. The van der Waals surface area contributed by atoms with Crippen molar-refractivity contribution in [3.8, 4) is 5.69 Å². The molecule has 0 bridgehead atoms. The predicted octanol–water partition coefficient (Wildman–Crippen LogP) is 3.71. The van der Waals surface area contributed by atoms with Crippen molar-refractivity contribution in [2.24, 2.45) is 10.7 Å². The zero-order valence-electron chi connectivity index (χ0n) is 15.1. The summed E-state index contributed by atoms with van der Waals surface area (Å²) in [7, 11) is 0. The van der Waals surface area contributed by atoms with Gasteiger partial charge in [-0.05, 0) is 42.2 Å². The number of guanidine groups is 1. The molecule has 0 aliphatic rings. The molecule has 2 aromatic carbocycles. The van der Waals surface area contributed by atoms with E-state index in [0.29, 0.717) is 18.4 Å². The molecular formula is C20H24N6. The van der Waals surface area contributed by atoms with Crippen molar-refractivity contribution in [3.05, 3.63) is 72.3 Å². The molecule has 1 aromatic heterocycles. The molecule has 3 rings (SSSR count). The van der Waals surface area contributed by atoms with E-state index in [0.717, 1.165) is 23.6 Å². The van der Waals surface area contributed by atoms with Crippen LogP contribution in [-0.4, -0.2) is 20.7 Å². The Morgan fingerprint density at radius 3 is 2.58 bits per heavy atom. The van der Waals surface area contributed by atoms with Gasteiger partial charge in [0.05, 0.1) is 0 Å². The van der Waals surface area contributed by atoms with Crippen LogP contribution in [0.15, 0.2) is 65.9 Å². The van der Waals surface area contributed by atoms with Crippen molar-refractivity contribution >= 4 is 11.6 Å². The van der Waals surface area contributed by atoms with Crippen molar-refractivity contribution in [1.82, 2.24) is 14.8 Å². The molecule has 0 radical (unpaired) electrons. The first-order valence-corrected chi connectivity index (χ1v) is 8.78. The predicted molar refractivity (Wildman–Crippen MR) is 105 cm³/mol. The lowest BCUT2D eigenvalue weighted by atomic mass is 9.99. The van der Waals surface area contributed by atoms with E-state index in [1.54, 1.807) is 6.33 Å². The van der Waals surface area contributed by atoms with Crippen molar-refractivity contribution in [2.45, 2.75) is 32.7 Å². The van der Waals surface area contributed by atoms with E-state index in [-0.39, 0.29) is 0 Å². The highest BCUT2D eigenvalue weighted by molar-refractivity contribution is 5.92. The van der Waals surface area contributed by atoms with Gasteiger partial charge in [0, 0.05) is 11.4 Å². The lowest BCUT2D eigenvalue weighted by molar-refractivity contribution is 0.734. The largest absolute Gasteiger partial charge is 0.370 e. The third kappa shape index (κ3) is 4.27. The molecule has 0 amide bonds. The van der Waals surface area contributed by atoms with Crippen LogP contribution in [0.25, 0.3) is 5.69 Å². The first-order chi connectivity index (χ1) is 12.7. The number of benzene rings is 2. The van der Waals surface area contributed by atoms with E-state index >= 15 is 0 Å². The summed E-state index contributed by atoms with van der Waals surface area (Å²) in [5.41, 5.74) is 9.25. The van der Waals surface area contributed by atoms with Gasteiger partial charge in [0.2, 0.25) is 0 Å². The number of aromatic nitrogens is 3. The third-order valence-corrected chi connectivity index (χ3v) is 4.41. The number of nitrogens with one attached hydrogen (secondary N) is 1. The first-order valence-electron chi connectivity index (χ1n) is 8.78. The van der Waals surface area contributed by atoms with Crippen LogP contribution in [-0.2, 0) is 6.54 Å². The second-order valence-corrected chi connectivity index (χ2v) is 6.21. The van der Waals surface area contributed by atoms with E-state index in [1.807, 2.05) is 47.0 Å². The van der Waals surface area contributed by atoms with E-state index in [2.05, 4.69) is 46.5 Å². The van der Waals surface area contributed by atoms with Crippen LogP contribution in [0, 0.1) is 0 Å². The Morgan fingerprint density at radius 2 is 1.88 bits per heavy atom. The smallest absolute Gasteiger partial charge is 0.193 e. The minimum Gasteiger partial charge on any atom is -0.370 e. The molecule has 1 heterocycles. The number of anilines is 1. The number of hydrogen-bond acceptors (Lipinski definition) is 3. The Labute approximate surface area is 153 Å². The van der Waals surface area contributed by atoms with Crippen molar-refractivity contribution in [1.29, 1.82) is 0 Å². The number of nitrogens with zero attached hydrogens (tertiary/aromatic N) is 4. The molecule has 1 atom stereocenters. The highest BCUT2D eigenvalue weighted by Gasteiger charge is 2.06. The Hall–Kier alpha value is -3.15. The molecule has 0 aliphatic heterocycles. The molecule has 3 aromatic rings. The average molecular weight is 348 g/mol. The van der Waals surface area contributed by atoms with Gasteiger partial charge in [0.15, 0.2) is 11.8 Å². The molecular weight excluding hydrogens is 324 g/mol. The summed E-state index contributed by atoms with van der Waals surface area (Å²) >= 11 is 0. The van der Waals surface area contributed by atoms with Crippen LogP contribution >= 0.6 is 0 Å². The topological polar surface area (TPSA) is 81.1 Å². The molecule has 6 nitrogen and oxygen atoms in total. The highest BCUT2D eigenvalue weighted by Crippen LogP contribution is 2.20. The van der Waals surface area contributed by atoms with Gasteiger partial charge in [0.25, 0.3) is 0 Å². The fourth-order valence-electron chi connectivity index (χ4n) is 2.64. The van der Waals surface area contributed by atoms with E-state index in [1.165, 1.54) is 5.56 Å². The summed E-state index contributed by atoms with van der Waals surface area (Å²) in [6.07, 6.45) is 2.80. The zero-order valence-corrected chi connectivity index (χ0v) is 15.1. The van der Waals surface area contributed by atoms with E-state index in [4.69, 9.17) is 5.73 Å². The normalized spacial score (nSPS) is 12.8. The number of nitrogens with two attached hydrogens (primary N) is 1. The van der Waals surface area contributed by atoms with Gasteiger partial charge in [-0.1, -0.05) is 44.2 Å². The summed E-state index contributed by atoms with van der Waals surface area (Å²) in [5.74, 6) is 1.64. The molecule has 3 N–H and O–H groups in total. The van der Waals surface area contributed by atoms with Crippen molar-refractivity contribution < 1.29 is 0 Å². The minimum absolute atomic E-state index is 0.346. The van der Waals surface area contributed by atoms with Crippen LogP contribution in [0.5, 0.6) is 0 Å². The molecule has 0 saturated carbocycles. The van der Waals surface area contributed by atoms with Gasteiger partial charge in [-0.15, -0.1) is 10.2 Å². The molecule has 0 spiro atoms. The Kier molecular flexibility index (Phi) is 5.63. The summed E-state index contributed by atoms with van der Waals surface area (Å²) in [6, 6.07) is 18.2. The second kappa shape index (κ2) is 8.29. The quantitative estimate of drug-likeness (QED) is 0.526. The summed E-state index contributed by atoms with van der Waals surface area (Å²) in [6.45, 7) is 4.76. The maximum absolute atomic E-state index is 6.02. The molecule has 0 saturated heterocycles. The van der Waals surface area contributed by atoms with E-state index < -0.39 is 0 Å². The number of hydrogen-bond donors (Lipinski definition) is 2. The minimum atomic E-state index is 0.346. The third-order valence-electron chi connectivity index (χ3n) is 4.41. The maximum atomic E-state index is 6.02. The number of aliphatic imine (C=N–C) groups is 1. The van der Waals surface area contributed by atoms with Gasteiger partial charge in [-0.25, -0.2) is 4.99 Å². The highest BCUT2D eigenvalue weighted by atomic mass is 15.3. The molecule has 26 heavy (non-hydrogen) atoms. The summed E-state index contributed by atoms with van der Waals surface area (Å²) in [4.78, 5) is 4.38. The van der Waals surface area contributed by atoms with Gasteiger partial charge >= 0.3 is 0 Å². The molecule has 0 aliphatic carbocycles. The van der Waals surface area contributed by atoms with Gasteiger partial charge in [-0.3, -0.25) is 4.57 Å². The van der Waals surface area contributed by atoms with Crippen LogP contribution in [0.2, 0.25) is 0 Å². The van der Waals surface area contributed by atoms with Crippen LogP contribution in [0.1, 0.15) is 37.6 Å².